The van der Waals surface area contributed by atoms with Crippen molar-refractivity contribution in [1.82, 2.24) is 5.32 Å². The van der Waals surface area contributed by atoms with Gasteiger partial charge < -0.3 is 10.1 Å². The molecule has 0 aliphatic heterocycles. The van der Waals surface area contributed by atoms with Crippen LogP contribution in [0.3, 0.4) is 0 Å². The molecule has 103 valence electrons. The van der Waals surface area contributed by atoms with Crippen LogP contribution in [-0.4, -0.2) is 18.9 Å². The standard InChI is InChI=1S/C15H20NO3/c17-12-8-3-1-2-7-11-16-15(18)19-13-14-9-5-4-6-10-14/h4-6,9-10H,1-3,7-8,11,13H2,(H,16,18). The van der Waals surface area contributed by atoms with Gasteiger partial charge in [-0.15, -0.1) is 0 Å². The van der Waals surface area contributed by atoms with E-state index in [1.54, 1.807) is 0 Å². The second-order valence-corrected chi connectivity index (χ2v) is 4.30. The van der Waals surface area contributed by atoms with E-state index in [-0.39, 0.29) is 6.09 Å². The lowest BCUT2D eigenvalue weighted by Crippen LogP contribution is -2.25. The highest BCUT2D eigenvalue weighted by Crippen LogP contribution is 2.02. The average Bonchev–Trinajstić information content (AvgIpc) is 2.45. The van der Waals surface area contributed by atoms with E-state index in [9.17, 15) is 9.59 Å². The van der Waals surface area contributed by atoms with Crippen LogP contribution in [0.5, 0.6) is 0 Å². The molecule has 0 saturated heterocycles. The molecule has 1 N–H and O–H groups in total. The molecule has 0 fully saturated rings. The molecule has 0 aromatic heterocycles. The molecule has 0 heterocycles. The SMILES string of the molecule is O=[C]CCCCCCNC(=O)OCc1ccccc1. The summed E-state index contributed by atoms with van der Waals surface area (Å²) in [5.41, 5.74) is 0.975. The van der Waals surface area contributed by atoms with E-state index in [0.717, 1.165) is 31.2 Å². The maximum absolute atomic E-state index is 11.4. The molecule has 0 atom stereocenters. The normalized spacial score (nSPS) is 9.89. The molecule has 1 rings (SSSR count). The number of hydrogen-bond acceptors (Lipinski definition) is 3. The molecule has 1 aromatic carbocycles. The quantitative estimate of drug-likeness (QED) is 0.696. The highest BCUT2D eigenvalue weighted by atomic mass is 16.5. The van der Waals surface area contributed by atoms with Gasteiger partial charge in [0.05, 0.1) is 0 Å². The van der Waals surface area contributed by atoms with E-state index in [1.807, 2.05) is 36.6 Å². The second-order valence-electron chi connectivity index (χ2n) is 4.30. The maximum Gasteiger partial charge on any atom is 0.407 e. The Kier molecular flexibility index (Phi) is 8.10. The summed E-state index contributed by atoms with van der Waals surface area (Å²) >= 11 is 0. The lowest BCUT2D eigenvalue weighted by Gasteiger charge is -2.06. The van der Waals surface area contributed by atoms with Crippen molar-refractivity contribution in [2.45, 2.75) is 38.7 Å². The summed E-state index contributed by atoms with van der Waals surface area (Å²) in [6.07, 6.45) is 5.77. The minimum atomic E-state index is -0.384. The van der Waals surface area contributed by atoms with Crippen LogP contribution in [0.2, 0.25) is 0 Å². The Bertz CT molecular complexity index is 365. The number of nitrogens with one attached hydrogen (secondary N) is 1. The fourth-order valence-corrected chi connectivity index (χ4v) is 1.64. The molecule has 4 nitrogen and oxygen atoms in total. The molecule has 0 aliphatic carbocycles. The van der Waals surface area contributed by atoms with Crippen LogP contribution in [0.25, 0.3) is 0 Å². The number of ether oxygens (including phenoxy) is 1. The summed E-state index contributed by atoms with van der Waals surface area (Å²) in [5, 5.41) is 2.71. The fourth-order valence-electron chi connectivity index (χ4n) is 1.64. The van der Waals surface area contributed by atoms with Crippen molar-refractivity contribution in [1.29, 1.82) is 0 Å². The summed E-state index contributed by atoms with van der Waals surface area (Å²) in [7, 11) is 0. The molecule has 1 aromatic rings. The van der Waals surface area contributed by atoms with Crippen molar-refractivity contribution in [2.75, 3.05) is 6.54 Å². The van der Waals surface area contributed by atoms with Crippen molar-refractivity contribution >= 4 is 12.4 Å². The Balaban J connectivity index is 1.98. The molecule has 19 heavy (non-hydrogen) atoms. The van der Waals surface area contributed by atoms with Crippen molar-refractivity contribution in [3.63, 3.8) is 0 Å². The first-order chi connectivity index (χ1) is 9.33. The van der Waals surface area contributed by atoms with E-state index in [1.165, 1.54) is 0 Å². The maximum atomic E-state index is 11.4. The molecular weight excluding hydrogens is 242 g/mol. The first-order valence-corrected chi connectivity index (χ1v) is 6.62. The number of unbranched alkanes of at least 4 members (excludes halogenated alkanes) is 4. The molecule has 0 spiro atoms. The fraction of sp³-hybridized carbons (Fsp3) is 0.467. The highest BCUT2D eigenvalue weighted by Gasteiger charge is 2.01. The Morgan fingerprint density at radius 1 is 1.11 bits per heavy atom. The van der Waals surface area contributed by atoms with Gasteiger partial charge in [-0.3, -0.25) is 4.79 Å². The number of hydrogen-bond donors (Lipinski definition) is 1. The number of alkyl carbamates (subject to hydrolysis) is 1. The lowest BCUT2D eigenvalue weighted by molar-refractivity contribution is 0.139. The zero-order valence-electron chi connectivity index (χ0n) is 11.1. The highest BCUT2D eigenvalue weighted by molar-refractivity contribution is 5.67. The number of benzene rings is 1. The zero-order valence-corrected chi connectivity index (χ0v) is 11.1. The van der Waals surface area contributed by atoms with Crippen molar-refractivity contribution in [3.8, 4) is 0 Å². The van der Waals surface area contributed by atoms with E-state index in [2.05, 4.69) is 5.32 Å². The number of amides is 1. The number of carbonyl (C=O) groups excluding carboxylic acids is 2. The molecule has 4 heteroatoms. The molecule has 0 unspecified atom stereocenters. The topological polar surface area (TPSA) is 55.4 Å². The molecule has 1 radical (unpaired) electrons. The van der Waals surface area contributed by atoms with E-state index in [4.69, 9.17) is 4.74 Å². The van der Waals surface area contributed by atoms with Crippen LogP contribution in [-0.2, 0) is 16.1 Å². The van der Waals surface area contributed by atoms with Gasteiger partial charge >= 0.3 is 6.09 Å². The molecule has 0 bridgehead atoms. The Hall–Kier alpha value is -1.84. The van der Waals surface area contributed by atoms with E-state index in [0.29, 0.717) is 19.6 Å². The Morgan fingerprint density at radius 2 is 1.84 bits per heavy atom. The summed E-state index contributed by atoms with van der Waals surface area (Å²) in [6.45, 7) is 0.903. The average molecular weight is 262 g/mol. The van der Waals surface area contributed by atoms with Gasteiger partial charge in [-0.2, -0.15) is 0 Å². The smallest absolute Gasteiger partial charge is 0.407 e. The number of rotatable bonds is 9. The Labute approximate surface area is 114 Å². The van der Waals surface area contributed by atoms with Gasteiger partial charge in [-0.05, 0) is 18.4 Å². The third kappa shape index (κ3) is 7.97. The first-order valence-electron chi connectivity index (χ1n) is 6.62. The largest absolute Gasteiger partial charge is 0.445 e. The molecule has 0 saturated carbocycles. The lowest BCUT2D eigenvalue weighted by atomic mass is 10.1. The van der Waals surface area contributed by atoms with E-state index >= 15 is 0 Å². The van der Waals surface area contributed by atoms with Gasteiger partial charge in [0.25, 0.3) is 0 Å². The number of carbonyl (C=O) groups is 1. The minimum absolute atomic E-state index is 0.293. The summed E-state index contributed by atoms with van der Waals surface area (Å²) < 4.78 is 5.07. The van der Waals surface area contributed by atoms with Crippen molar-refractivity contribution in [2.24, 2.45) is 0 Å². The summed E-state index contributed by atoms with van der Waals surface area (Å²) in [4.78, 5) is 21.3. The predicted molar refractivity (Wildman–Crippen MR) is 73.4 cm³/mol. The monoisotopic (exact) mass is 262 g/mol. The predicted octanol–water partition coefficient (Wildman–Crippen LogP) is 2.97. The minimum Gasteiger partial charge on any atom is -0.445 e. The van der Waals surface area contributed by atoms with E-state index < -0.39 is 0 Å². The third-order valence-corrected chi connectivity index (χ3v) is 2.69. The Morgan fingerprint density at radius 3 is 2.58 bits per heavy atom. The van der Waals surface area contributed by atoms with Crippen LogP contribution in [0.15, 0.2) is 30.3 Å². The molecule has 1 amide bonds. The third-order valence-electron chi connectivity index (χ3n) is 2.69. The van der Waals surface area contributed by atoms with Gasteiger partial charge in [-0.25, -0.2) is 4.79 Å². The molecule has 0 aliphatic rings. The van der Waals surface area contributed by atoms with Gasteiger partial charge in [-0.1, -0.05) is 43.2 Å². The first kappa shape index (κ1) is 15.2. The molecular formula is C15H20NO3. The van der Waals surface area contributed by atoms with Gasteiger partial charge in [0.2, 0.25) is 0 Å². The van der Waals surface area contributed by atoms with Crippen LogP contribution in [0.1, 0.15) is 37.7 Å². The van der Waals surface area contributed by atoms with Crippen LogP contribution < -0.4 is 5.32 Å². The van der Waals surface area contributed by atoms with Gasteiger partial charge in [0.15, 0.2) is 6.29 Å². The van der Waals surface area contributed by atoms with Crippen LogP contribution in [0.4, 0.5) is 4.79 Å². The van der Waals surface area contributed by atoms with Crippen molar-refractivity contribution in [3.05, 3.63) is 35.9 Å². The van der Waals surface area contributed by atoms with Gasteiger partial charge in [0, 0.05) is 13.0 Å². The van der Waals surface area contributed by atoms with Crippen molar-refractivity contribution < 1.29 is 14.3 Å². The zero-order chi connectivity index (χ0) is 13.8. The van der Waals surface area contributed by atoms with Gasteiger partial charge in [0.1, 0.15) is 6.61 Å². The second kappa shape index (κ2) is 10.1. The van der Waals surface area contributed by atoms with Crippen LogP contribution in [0, 0.1) is 0 Å². The summed E-state index contributed by atoms with van der Waals surface area (Å²) in [5.74, 6) is 0. The van der Waals surface area contributed by atoms with Crippen LogP contribution >= 0.6 is 0 Å². The summed E-state index contributed by atoms with van der Waals surface area (Å²) in [6, 6.07) is 9.57.